The van der Waals surface area contributed by atoms with Gasteiger partial charge in [-0.15, -0.1) is 0 Å². The van der Waals surface area contributed by atoms with Crippen LogP contribution in [0.1, 0.15) is 26.3 Å². The number of carbonyl (C=O) groups is 2. The fourth-order valence-electron chi connectivity index (χ4n) is 1.79. The molecule has 0 unspecified atom stereocenters. The van der Waals surface area contributed by atoms with Gasteiger partial charge in [-0.05, 0) is 42.8 Å². The normalized spacial score (nSPS) is 10.1. The van der Waals surface area contributed by atoms with Crippen LogP contribution in [0.3, 0.4) is 0 Å². The second-order valence-electron chi connectivity index (χ2n) is 4.51. The van der Waals surface area contributed by atoms with Crippen LogP contribution in [0.15, 0.2) is 36.4 Å². The zero-order chi connectivity index (χ0) is 15.6. The van der Waals surface area contributed by atoms with Crippen LogP contribution in [0.4, 0.5) is 5.69 Å². The van der Waals surface area contributed by atoms with Crippen LogP contribution in [-0.4, -0.2) is 27.2 Å². The lowest BCUT2D eigenvalue weighted by Gasteiger charge is -2.09. The van der Waals surface area contributed by atoms with Gasteiger partial charge in [-0.25, -0.2) is 4.79 Å². The Morgan fingerprint density at radius 3 is 2.33 bits per heavy atom. The van der Waals surface area contributed by atoms with E-state index in [1.54, 1.807) is 13.0 Å². The Labute approximate surface area is 120 Å². The van der Waals surface area contributed by atoms with Crippen molar-refractivity contribution in [3.05, 3.63) is 53.1 Å². The summed E-state index contributed by atoms with van der Waals surface area (Å²) in [5.41, 5.74) is 0.705. The van der Waals surface area contributed by atoms with Gasteiger partial charge in [0.2, 0.25) is 0 Å². The first-order chi connectivity index (χ1) is 9.88. The minimum Gasteiger partial charge on any atom is -0.507 e. The average molecular weight is 287 g/mol. The molecule has 2 aromatic carbocycles. The highest BCUT2D eigenvalue weighted by molar-refractivity contribution is 6.07. The lowest BCUT2D eigenvalue weighted by Crippen LogP contribution is -2.13. The lowest BCUT2D eigenvalue weighted by molar-refractivity contribution is 0.0696. The Morgan fingerprint density at radius 1 is 1.00 bits per heavy atom. The first-order valence-corrected chi connectivity index (χ1v) is 6.06. The number of amides is 1. The fourth-order valence-corrected chi connectivity index (χ4v) is 1.79. The summed E-state index contributed by atoms with van der Waals surface area (Å²) < 4.78 is 0. The SMILES string of the molecule is Cc1ccc(C(=O)Nc2cc(C(=O)O)ccc2O)c(O)c1. The maximum Gasteiger partial charge on any atom is 0.335 e. The van der Waals surface area contributed by atoms with Gasteiger partial charge in [0.05, 0.1) is 16.8 Å². The van der Waals surface area contributed by atoms with Crippen LogP contribution in [-0.2, 0) is 0 Å². The Balaban J connectivity index is 2.31. The van der Waals surface area contributed by atoms with E-state index < -0.39 is 11.9 Å². The predicted octanol–water partition coefficient (Wildman–Crippen LogP) is 2.36. The first kappa shape index (κ1) is 14.4. The molecule has 2 aromatic rings. The van der Waals surface area contributed by atoms with Gasteiger partial charge in [-0.1, -0.05) is 6.07 Å². The summed E-state index contributed by atoms with van der Waals surface area (Å²) in [6, 6.07) is 8.06. The molecule has 108 valence electrons. The number of anilines is 1. The minimum absolute atomic E-state index is 0.0285. The molecular weight excluding hydrogens is 274 g/mol. The highest BCUT2D eigenvalue weighted by Crippen LogP contribution is 2.26. The maximum atomic E-state index is 12.0. The number of aromatic hydroxyl groups is 2. The van der Waals surface area contributed by atoms with E-state index in [0.717, 1.165) is 11.6 Å². The summed E-state index contributed by atoms with van der Waals surface area (Å²) in [5, 5.41) is 30.7. The van der Waals surface area contributed by atoms with Crippen molar-refractivity contribution in [3.8, 4) is 11.5 Å². The monoisotopic (exact) mass is 287 g/mol. The number of hydrogen-bond donors (Lipinski definition) is 4. The van der Waals surface area contributed by atoms with Gasteiger partial charge >= 0.3 is 5.97 Å². The summed E-state index contributed by atoms with van der Waals surface area (Å²) in [4.78, 5) is 22.9. The molecule has 1 amide bonds. The first-order valence-electron chi connectivity index (χ1n) is 6.06. The highest BCUT2D eigenvalue weighted by atomic mass is 16.4. The minimum atomic E-state index is -1.18. The number of aryl methyl sites for hydroxylation is 1. The van der Waals surface area contributed by atoms with Gasteiger partial charge in [0.15, 0.2) is 0 Å². The third-order valence-corrected chi connectivity index (χ3v) is 2.89. The average Bonchev–Trinajstić information content (AvgIpc) is 2.40. The Morgan fingerprint density at radius 2 is 1.71 bits per heavy atom. The number of benzene rings is 2. The summed E-state index contributed by atoms with van der Waals surface area (Å²) in [6.07, 6.45) is 0. The topological polar surface area (TPSA) is 107 Å². The molecule has 0 saturated heterocycles. The number of phenols is 2. The van der Waals surface area contributed by atoms with Crippen molar-refractivity contribution < 1.29 is 24.9 Å². The molecule has 6 nitrogen and oxygen atoms in total. The van der Waals surface area contributed by atoms with Crippen LogP contribution in [0.25, 0.3) is 0 Å². The fraction of sp³-hybridized carbons (Fsp3) is 0.0667. The van der Waals surface area contributed by atoms with Gasteiger partial charge in [-0.2, -0.15) is 0 Å². The van der Waals surface area contributed by atoms with Crippen molar-refractivity contribution in [2.24, 2.45) is 0 Å². The summed E-state index contributed by atoms with van der Waals surface area (Å²) in [6.45, 7) is 1.77. The van der Waals surface area contributed by atoms with E-state index in [2.05, 4.69) is 5.32 Å². The third kappa shape index (κ3) is 3.11. The van der Waals surface area contributed by atoms with E-state index in [1.165, 1.54) is 24.3 Å². The van der Waals surface area contributed by atoms with Crippen LogP contribution >= 0.6 is 0 Å². The number of aromatic carboxylic acids is 1. The molecule has 0 fully saturated rings. The van der Waals surface area contributed by atoms with E-state index >= 15 is 0 Å². The van der Waals surface area contributed by atoms with Crippen LogP contribution < -0.4 is 5.32 Å². The van der Waals surface area contributed by atoms with E-state index in [-0.39, 0.29) is 28.3 Å². The van der Waals surface area contributed by atoms with Crippen LogP contribution in [0, 0.1) is 6.92 Å². The largest absolute Gasteiger partial charge is 0.507 e. The number of phenolic OH excluding ortho intramolecular Hbond substituents is 2. The molecule has 4 N–H and O–H groups in total. The van der Waals surface area contributed by atoms with Gasteiger partial charge in [0.25, 0.3) is 5.91 Å². The van der Waals surface area contributed by atoms with Crippen LogP contribution in [0.5, 0.6) is 11.5 Å². The van der Waals surface area contributed by atoms with Crippen LogP contribution in [0.2, 0.25) is 0 Å². The zero-order valence-electron chi connectivity index (χ0n) is 11.1. The Bertz CT molecular complexity index is 724. The standard InChI is InChI=1S/C15H13NO5/c1-8-2-4-10(13(18)6-8)14(19)16-11-7-9(15(20)21)3-5-12(11)17/h2-7,17-18H,1H3,(H,16,19)(H,20,21). The van der Waals surface area contributed by atoms with Crippen molar-refractivity contribution in [3.63, 3.8) is 0 Å². The molecule has 21 heavy (non-hydrogen) atoms. The number of carboxylic acids is 1. The highest BCUT2D eigenvalue weighted by Gasteiger charge is 2.14. The zero-order valence-corrected chi connectivity index (χ0v) is 11.1. The number of carbonyl (C=O) groups excluding carboxylic acids is 1. The summed E-state index contributed by atoms with van der Waals surface area (Å²) >= 11 is 0. The molecular formula is C15H13NO5. The van der Waals surface area contributed by atoms with E-state index in [0.29, 0.717) is 0 Å². The quantitative estimate of drug-likeness (QED) is 0.648. The molecule has 0 aromatic heterocycles. The third-order valence-electron chi connectivity index (χ3n) is 2.89. The number of rotatable bonds is 3. The van der Waals surface area contributed by atoms with Gasteiger partial charge in [-0.3, -0.25) is 4.79 Å². The van der Waals surface area contributed by atoms with E-state index in [4.69, 9.17) is 5.11 Å². The van der Waals surface area contributed by atoms with E-state index in [9.17, 15) is 19.8 Å². The maximum absolute atomic E-state index is 12.0. The Kier molecular flexibility index (Phi) is 3.80. The molecule has 0 aliphatic heterocycles. The van der Waals surface area contributed by atoms with Crippen molar-refractivity contribution in [2.45, 2.75) is 6.92 Å². The van der Waals surface area contributed by atoms with Gasteiger partial charge in [0.1, 0.15) is 11.5 Å². The predicted molar refractivity (Wildman–Crippen MR) is 75.9 cm³/mol. The smallest absolute Gasteiger partial charge is 0.335 e. The number of nitrogens with one attached hydrogen (secondary N) is 1. The Hall–Kier alpha value is -3.02. The van der Waals surface area contributed by atoms with Crippen molar-refractivity contribution in [1.29, 1.82) is 0 Å². The summed E-state index contributed by atoms with van der Waals surface area (Å²) in [5.74, 6) is -2.28. The van der Waals surface area contributed by atoms with Crippen molar-refractivity contribution in [1.82, 2.24) is 0 Å². The van der Waals surface area contributed by atoms with Crippen molar-refractivity contribution in [2.75, 3.05) is 5.32 Å². The lowest BCUT2D eigenvalue weighted by atomic mass is 10.1. The number of hydrogen-bond acceptors (Lipinski definition) is 4. The molecule has 0 heterocycles. The molecule has 0 bridgehead atoms. The molecule has 0 spiro atoms. The molecule has 0 aliphatic carbocycles. The van der Waals surface area contributed by atoms with Crippen molar-refractivity contribution >= 4 is 17.6 Å². The second kappa shape index (κ2) is 5.54. The summed E-state index contributed by atoms with van der Waals surface area (Å²) in [7, 11) is 0. The molecule has 0 radical (unpaired) electrons. The van der Waals surface area contributed by atoms with Gasteiger partial charge < -0.3 is 20.6 Å². The number of carboxylic acid groups (broad SMARTS) is 1. The molecule has 0 atom stereocenters. The van der Waals surface area contributed by atoms with E-state index in [1.807, 2.05) is 0 Å². The molecule has 2 rings (SSSR count). The van der Waals surface area contributed by atoms with Gasteiger partial charge in [0, 0.05) is 0 Å². The molecule has 0 aliphatic rings. The second-order valence-corrected chi connectivity index (χ2v) is 4.51. The molecule has 0 saturated carbocycles. The molecule has 6 heteroatoms.